The fourth-order valence-corrected chi connectivity index (χ4v) is 2.20. The second kappa shape index (κ2) is 12.3. The lowest BCUT2D eigenvalue weighted by Crippen LogP contribution is -2.58. The van der Waals surface area contributed by atoms with Gasteiger partial charge in [0.05, 0.1) is 18.9 Å². The van der Waals surface area contributed by atoms with Crippen LogP contribution in [0.4, 0.5) is 0 Å². The molecule has 4 amide bonds. The predicted molar refractivity (Wildman–Crippen MR) is 98.0 cm³/mol. The van der Waals surface area contributed by atoms with E-state index in [1.807, 2.05) is 0 Å². The highest BCUT2D eigenvalue weighted by Gasteiger charge is 2.31. The summed E-state index contributed by atoms with van der Waals surface area (Å²) in [5, 5.41) is 24.0. The van der Waals surface area contributed by atoms with E-state index in [2.05, 4.69) is 16.0 Å². The van der Waals surface area contributed by atoms with Crippen molar-refractivity contribution in [2.45, 2.75) is 51.2 Å². The van der Waals surface area contributed by atoms with Gasteiger partial charge in [0.25, 0.3) is 0 Å². The number of rotatable bonds is 13. The number of amides is 4. The number of nitrogens with two attached hydrogens (primary N) is 2. The Morgan fingerprint density at radius 1 is 0.897 bits per heavy atom. The van der Waals surface area contributed by atoms with E-state index in [1.54, 1.807) is 13.8 Å². The van der Waals surface area contributed by atoms with Crippen molar-refractivity contribution in [2.24, 2.45) is 17.4 Å². The average Bonchev–Trinajstić information content (AvgIpc) is 2.61. The normalized spacial score (nSPS) is 14.6. The highest BCUT2D eigenvalue weighted by atomic mass is 16.4. The van der Waals surface area contributed by atoms with Crippen LogP contribution < -0.4 is 27.4 Å². The van der Waals surface area contributed by atoms with E-state index in [9.17, 15) is 28.8 Å². The number of carboxylic acid groups (broad SMARTS) is 2. The molecule has 0 aromatic heterocycles. The molecule has 0 aliphatic heterocycles. The lowest BCUT2D eigenvalue weighted by Gasteiger charge is -2.26. The molecular weight excluding hydrogens is 390 g/mol. The summed E-state index contributed by atoms with van der Waals surface area (Å²) < 4.78 is 0. The van der Waals surface area contributed by atoms with E-state index < -0.39 is 79.0 Å². The summed E-state index contributed by atoms with van der Waals surface area (Å²) in [7, 11) is 0. The van der Waals surface area contributed by atoms with E-state index in [4.69, 9.17) is 21.7 Å². The van der Waals surface area contributed by atoms with Gasteiger partial charge in [0, 0.05) is 0 Å². The van der Waals surface area contributed by atoms with E-state index in [-0.39, 0.29) is 0 Å². The smallest absolute Gasteiger partial charge is 0.322 e. The first-order valence-electron chi connectivity index (χ1n) is 8.74. The number of hydrogen-bond acceptors (Lipinski definition) is 7. The molecular formula is C16H27N5O8. The van der Waals surface area contributed by atoms with Crippen molar-refractivity contribution in [3.8, 4) is 0 Å². The first kappa shape index (κ1) is 25.8. The average molecular weight is 417 g/mol. The number of nitrogens with one attached hydrogen (secondary N) is 3. The third kappa shape index (κ3) is 10.0. The summed E-state index contributed by atoms with van der Waals surface area (Å²) in [6.45, 7) is 2.71. The van der Waals surface area contributed by atoms with E-state index in [0.29, 0.717) is 6.42 Å². The fourth-order valence-electron chi connectivity index (χ4n) is 2.20. The van der Waals surface area contributed by atoms with Gasteiger partial charge < -0.3 is 37.6 Å². The Balaban J connectivity index is 5.34. The summed E-state index contributed by atoms with van der Waals surface area (Å²) in [4.78, 5) is 69.3. The van der Waals surface area contributed by atoms with Crippen LogP contribution in [-0.2, 0) is 28.8 Å². The second-order valence-corrected chi connectivity index (χ2v) is 6.42. The van der Waals surface area contributed by atoms with Crippen molar-refractivity contribution in [3.63, 3.8) is 0 Å². The van der Waals surface area contributed by atoms with Gasteiger partial charge in [0.1, 0.15) is 18.6 Å². The molecule has 9 N–H and O–H groups in total. The predicted octanol–water partition coefficient (Wildman–Crippen LogP) is -3.12. The molecule has 164 valence electrons. The maximum absolute atomic E-state index is 12.5. The number of hydrogen-bond donors (Lipinski definition) is 7. The third-order valence-corrected chi connectivity index (χ3v) is 3.98. The molecule has 0 saturated carbocycles. The molecule has 0 bridgehead atoms. The summed E-state index contributed by atoms with van der Waals surface area (Å²) in [5.74, 6) is -6.66. The zero-order chi connectivity index (χ0) is 22.7. The Morgan fingerprint density at radius 3 is 1.93 bits per heavy atom. The van der Waals surface area contributed by atoms with Gasteiger partial charge in [-0.25, -0.2) is 0 Å². The zero-order valence-electron chi connectivity index (χ0n) is 16.1. The first-order chi connectivity index (χ1) is 13.4. The molecule has 0 rings (SSSR count). The quantitative estimate of drug-likeness (QED) is 0.160. The van der Waals surface area contributed by atoms with Crippen LogP contribution in [0.25, 0.3) is 0 Å². The Hall–Kier alpha value is -3.22. The molecule has 4 unspecified atom stereocenters. The van der Waals surface area contributed by atoms with Gasteiger partial charge in [-0.15, -0.1) is 0 Å². The SMILES string of the molecule is CCC(C)C(NC(=O)C(CC(N)=O)NC(=O)C(N)CC(=O)O)C(=O)NCC(=O)O. The molecule has 4 atom stereocenters. The lowest BCUT2D eigenvalue weighted by atomic mass is 9.97. The summed E-state index contributed by atoms with van der Waals surface area (Å²) in [6.07, 6.45) is -0.882. The van der Waals surface area contributed by atoms with Crippen LogP contribution in [0, 0.1) is 5.92 Å². The molecule has 0 radical (unpaired) electrons. The van der Waals surface area contributed by atoms with Crippen LogP contribution in [0.1, 0.15) is 33.1 Å². The monoisotopic (exact) mass is 417 g/mol. The topological polar surface area (TPSA) is 231 Å². The highest BCUT2D eigenvalue weighted by Crippen LogP contribution is 2.09. The van der Waals surface area contributed by atoms with Crippen LogP contribution in [-0.4, -0.2) is 70.5 Å². The van der Waals surface area contributed by atoms with Crippen LogP contribution in [0.15, 0.2) is 0 Å². The molecule has 0 saturated heterocycles. The van der Waals surface area contributed by atoms with Crippen molar-refractivity contribution in [1.29, 1.82) is 0 Å². The number of primary amides is 1. The molecule has 0 heterocycles. The Morgan fingerprint density at radius 2 is 1.48 bits per heavy atom. The largest absolute Gasteiger partial charge is 0.481 e. The van der Waals surface area contributed by atoms with Crippen LogP contribution in [0.3, 0.4) is 0 Å². The van der Waals surface area contributed by atoms with Gasteiger partial charge in [-0.05, 0) is 5.92 Å². The van der Waals surface area contributed by atoms with Gasteiger partial charge in [-0.3, -0.25) is 28.8 Å². The lowest BCUT2D eigenvalue weighted by molar-refractivity contribution is -0.140. The molecule has 0 aliphatic rings. The minimum atomic E-state index is -1.50. The number of carbonyl (C=O) groups excluding carboxylic acids is 4. The molecule has 0 spiro atoms. The van der Waals surface area contributed by atoms with Crippen molar-refractivity contribution < 1.29 is 39.0 Å². The van der Waals surface area contributed by atoms with Crippen molar-refractivity contribution in [1.82, 2.24) is 16.0 Å². The van der Waals surface area contributed by atoms with Gasteiger partial charge in [0.15, 0.2) is 0 Å². The standard InChI is InChI=1S/C16H27N5O8/c1-3-7(2)13(16(29)19-6-12(25)26)21-15(28)9(5-10(18)22)20-14(27)8(17)4-11(23)24/h7-9,13H,3-6,17H2,1-2H3,(H2,18,22)(H,19,29)(H,20,27)(H,21,28)(H,23,24)(H,25,26). The summed E-state index contributed by atoms with van der Waals surface area (Å²) in [6, 6.07) is -4.12. The molecule has 13 nitrogen and oxygen atoms in total. The van der Waals surface area contributed by atoms with Gasteiger partial charge >= 0.3 is 11.9 Å². The molecule has 13 heteroatoms. The zero-order valence-corrected chi connectivity index (χ0v) is 16.1. The number of carbonyl (C=O) groups is 6. The van der Waals surface area contributed by atoms with Crippen molar-refractivity contribution in [2.75, 3.05) is 6.54 Å². The van der Waals surface area contributed by atoms with Crippen LogP contribution >= 0.6 is 0 Å². The van der Waals surface area contributed by atoms with Gasteiger partial charge in [-0.1, -0.05) is 20.3 Å². The van der Waals surface area contributed by atoms with Gasteiger partial charge in [-0.2, -0.15) is 0 Å². The summed E-state index contributed by atoms with van der Waals surface area (Å²) in [5.41, 5.74) is 10.5. The Kier molecular flexibility index (Phi) is 10.9. The maximum atomic E-state index is 12.5. The first-order valence-corrected chi connectivity index (χ1v) is 8.74. The number of aliphatic carboxylic acids is 2. The Bertz CT molecular complexity index is 653. The van der Waals surface area contributed by atoms with Crippen molar-refractivity contribution in [3.05, 3.63) is 0 Å². The molecule has 0 aliphatic carbocycles. The molecule has 0 aromatic rings. The molecule has 0 fully saturated rings. The number of carboxylic acids is 2. The summed E-state index contributed by atoms with van der Waals surface area (Å²) >= 11 is 0. The van der Waals surface area contributed by atoms with E-state index >= 15 is 0 Å². The van der Waals surface area contributed by atoms with Crippen LogP contribution in [0.2, 0.25) is 0 Å². The van der Waals surface area contributed by atoms with E-state index in [0.717, 1.165) is 0 Å². The molecule has 29 heavy (non-hydrogen) atoms. The van der Waals surface area contributed by atoms with Gasteiger partial charge in [0.2, 0.25) is 23.6 Å². The van der Waals surface area contributed by atoms with E-state index in [1.165, 1.54) is 0 Å². The second-order valence-electron chi connectivity index (χ2n) is 6.42. The van der Waals surface area contributed by atoms with Crippen LogP contribution in [0.5, 0.6) is 0 Å². The fraction of sp³-hybridized carbons (Fsp3) is 0.625. The minimum Gasteiger partial charge on any atom is -0.481 e. The Labute approximate surface area is 166 Å². The third-order valence-electron chi connectivity index (χ3n) is 3.98. The van der Waals surface area contributed by atoms with Crippen molar-refractivity contribution >= 4 is 35.6 Å². The highest BCUT2D eigenvalue weighted by molar-refractivity contribution is 5.96. The maximum Gasteiger partial charge on any atom is 0.322 e. The molecule has 0 aromatic carbocycles. The minimum absolute atomic E-state index is 0.410.